The van der Waals surface area contributed by atoms with Crippen molar-refractivity contribution in [3.63, 3.8) is 0 Å². The lowest BCUT2D eigenvalue weighted by Crippen LogP contribution is -2.25. The van der Waals surface area contributed by atoms with E-state index in [0.29, 0.717) is 30.7 Å². The minimum atomic E-state index is 0.386. The molecule has 0 amide bonds. The van der Waals surface area contributed by atoms with Crippen molar-refractivity contribution in [3.05, 3.63) is 6.33 Å². The lowest BCUT2D eigenvalue weighted by Gasteiger charge is -2.15. The Morgan fingerprint density at radius 2 is 1.79 bits per heavy atom. The van der Waals surface area contributed by atoms with Crippen LogP contribution in [0.5, 0.6) is 11.8 Å². The standard InChI is InChI=1S/C13H22N4O2/c1-2-8-18-12-11(14)13(16-10-15-12)19-9-7-17-5-3-4-6-17/h10H,2-9,14H2,1H3. The first-order valence-electron chi connectivity index (χ1n) is 6.89. The number of anilines is 1. The topological polar surface area (TPSA) is 73.5 Å². The van der Waals surface area contributed by atoms with Gasteiger partial charge in [0.2, 0.25) is 11.8 Å². The Morgan fingerprint density at radius 1 is 1.16 bits per heavy atom. The number of hydrogen-bond acceptors (Lipinski definition) is 6. The highest BCUT2D eigenvalue weighted by atomic mass is 16.5. The Labute approximate surface area is 113 Å². The van der Waals surface area contributed by atoms with Crippen LogP contribution >= 0.6 is 0 Å². The zero-order chi connectivity index (χ0) is 13.5. The van der Waals surface area contributed by atoms with Crippen molar-refractivity contribution in [1.29, 1.82) is 0 Å². The van der Waals surface area contributed by atoms with Gasteiger partial charge in [0.05, 0.1) is 6.61 Å². The van der Waals surface area contributed by atoms with E-state index >= 15 is 0 Å². The first kappa shape index (κ1) is 13.9. The van der Waals surface area contributed by atoms with Crippen molar-refractivity contribution in [3.8, 4) is 11.8 Å². The van der Waals surface area contributed by atoms with Crippen LogP contribution in [0.2, 0.25) is 0 Å². The molecule has 0 radical (unpaired) electrons. The van der Waals surface area contributed by atoms with Crippen molar-refractivity contribution < 1.29 is 9.47 Å². The second-order valence-electron chi connectivity index (χ2n) is 4.64. The molecular formula is C13H22N4O2. The molecule has 1 aliphatic heterocycles. The van der Waals surface area contributed by atoms with Gasteiger partial charge in [-0.05, 0) is 32.4 Å². The summed E-state index contributed by atoms with van der Waals surface area (Å²) in [6.45, 7) is 6.45. The molecule has 0 spiro atoms. The summed E-state index contributed by atoms with van der Waals surface area (Å²) in [6.07, 6.45) is 4.90. The molecule has 106 valence electrons. The monoisotopic (exact) mass is 266 g/mol. The molecule has 19 heavy (non-hydrogen) atoms. The maximum atomic E-state index is 5.93. The van der Waals surface area contributed by atoms with Gasteiger partial charge in [-0.15, -0.1) is 0 Å². The van der Waals surface area contributed by atoms with Crippen LogP contribution in [0.25, 0.3) is 0 Å². The molecule has 6 heteroatoms. The molecule has 2 N–H and O–H groups in total. The largest absolute Gasteiger partial charge is 0.476 e. The first-order chi connectivity index (χ1) is 9.31. The summed E-state index contributed by atoms with van der Waals surface area (Å²) in [4.78, 5) is 10.4. The van der Waals surface area contributed by atoms with E-state index in [1.54, 1.807) is 0 Å². The van der Waals surface area contributed by atoms with Gasteiger partial charge < -0.3 is 15.2 Å². The maximum Gasteiger partial charge on any atom is 0.244 e. The number of rotatable bonds is 7. The normalized spacial score (nSPS) is 15.6. The average Bonchev–Trinajstić information content (AvgIpc) is 2.92. The second-order valence-corrected chi connectivity index (χ2v) is 4.64. The van der Waals surface area contributed by atoms with E-state index in [-0.39, 0.29) is 0 Å². The minimum absolute atomic E-state index is 0.386. The quantitative estimate of drug-likeness (QED) is 0.802. The molecule has 1 aromatic rings. The van der Waals surface area contributed by atoms with Crippen molar-refractivity contribution in [2.45, 2.75) is 26.2 Å². The molecule has 2 rings (SSSR count). The van der Waals surface area contributed by atoms with Gasteiger partial charge in [-0.1, -0.05) is 6.92 Å². The number of nitrogens with zero attached hydrogens (tertiary/aromatic N) is 3. The third-order valence-corrected chi connectivity index (χ3v) is 3.10. The Balaban J connectivity index is 1.84. The van der Waals surface area contributed by atoms with Crippen LogP contribution in [-0.4, -0.2) is 47.7 Å². The number of likely N-dealkylation sites (tertiary alicyclic amines) is 1. The van der Waals surface area contributed by atoms with E-state index in [2.05, 4.69) is 14.9 Å². The Bertz CT molecular complexity index is 394. The molecule has 1 aromatic heterocycles. The molecule has 1 fully saturated rings. The Kier molecular flexibility index (Phi) is 5.20. The van der Waals surface area contributed by atoms with Crippen molar-refractivity contribution in [2.24, 2.45) is 0 Å². The summed E-state index contributed by atoms with van der Waals surface area (Å²) in [5, 5.41) is 0. The molecule has 2 heterocycles. The van der Waals surface area contributed by atoms with E-state index in [1.165, 1.54) is 19.2 Å². The molecule has 6 nitrogen and oxygen atoms in total. The highest BCUT2D eigenvalue weighted by molar-refractivity contribution is 5.55. The van der Waals surface area contributed by atoms with Gasteiger partial charge in [0.25, 0.3) is 0 Å². The lowest BCUT2D eigenvalue weighted by molar-refractivity contribution is 0.230. The average molecular weight is 266 g/mol. The maximum absolute atomic E-state index is 5.93. The smallest absolute Gasteiger partial charge is 0.244 e. The third kappa shape index (κ3) is 3.96. The number of ether oxygens (including phenoxy) is 2. The van der Waals surface area contributed by atoms with Crippen LogP contribution in [0.1, 0.15) is 26.2 Å². The van der Waals surface area contributed by atoms with Gasteiger partial charge >= 0.3 is 0 Å². The fourth-order valence-corrected chi connectivity index (χ4v) is 2.07. The summed E-state index contributed by atoms with van der Waals surface area (Å²) in [7, 11) is 0. The predicted octanol–water partition coefficient (Wildman–Crippen LogP) is 1.32. The van der Waals surface area contributed by atoms with Gasteiger partial charge in [-0.25, -0.2) is 0 Å². The van der Waals surface area contributed by atoms with Gasteiger partial charge in [0, 0.05) is 6.54 Å². The Hall–Kier alpha value is -1.56. The molecule has 0 aromatic carbocycles. The lowest BCUT2D eigenvalue weighted by atomic mass is 10.4. The SMILES string of the molecule is CCCOc1ncnc(OCCN2CCCC2)c1N. The number of nitrogen functional groups attached to an aromatic ring is 1. The van der Waals surface area contributed by atoms with Crippen LogP contribution in [0.3, 0.4) is 0 Å². The molecule has 0 atom stereocenters. The zero-order valence-corrected chi connectivity index (χ0v) is 11.5. The van der Waals surface area contributed by atoms with Crippen LogP contribution < -0.4 is 15.2 Å². The summed E-state index contributed by atoms with van der Waals surface area (Å²) in [5.74, 6) is 0.827. The molecule has 0 bridgehead atoms. The zero-order valence-electron chi connectivity index (χ0n) is 11.5. The molecule has 1 aliphatic rings. The molecule has 0 saturated carbocycles. The number of nitrogens with two attached hydrogens (primary N) is 1. The van der Waals surface area contributed by atoms with Crippen LogP contribution in [0, 0.1) is 0 Å². The molecular weight excluding hydrogens is 244 g/mol. The van der Waals surface area contributed by atoms with Crippen LogP contribution in [0.4, 0.5) is 5.69 Å². The molecule has 1 saturated heterocycles. The van der Waals surface area contributed by atoms with Gasteiger partial charge in [0.15, 0.2) is 5.69 Å². The number of hydrogen-bond donors (Lipinski definition) is 1. The van der Waals surface area contributed by atoms with E-state index in [1.807, 2.05) is 6.92 Å². The van der Waals surface area contributed by atoms with Crippen molar-refractivity contribution in [1.82, 2.24) is 14.9 Å². The van der Waals surface area contributed by atoms with Gasteiger partial charge in [0.1, 0.15) is 12.9 Å². The van der Waals surface area contributed by atoms with E-state index in [4.69, 9.17) is 15.2 Å². The summed E-state index contributed by atoms with van der Waals surface area (Å²) < 4.78 is 11.1. The molecule has 0 unspecified atom stereocenters. The summed E-state index contributed by atoms with van der Waals surface area (Å²) in [5.41, 5.74) is 6.32. The molecule has 0 aliphatic carbocycles. The summed E-state index contributed by atoms with van der Waals surface area (Å²) >= 11 is 0. The fraction of sp³-hybridized carbons (Fsp3) is 0.692. The highest BCUT2D eigenvalue weighted by Crippen LogP contribution is 2.26. The van der Waals surface area contributed by atoms with Crippen molar-refractivity contribution >= 4 is 5.69 Å². The van der Waals surface area contributed by atoms with E-state index in [9.17, 15) is 0 Å². The fourth-order valence-electron chi connectivity index (χ4n) is 2.07. The Morgan fingerprint density at radius 3 is 2.42 bits per heavy atom. The van der Waals surface area contributed by atoms with Crippen LogP contribution in [0.15, 0.2) is 6.33 Å². The predicted molar refractivity (Wildman–Crippen MR) is 73.4 cm³/mol. The highest BCUT2D eigenvalue weighted by Gasteiger charge is 2.13. The van der Waals surface area contributed by atoms with Gasteiger partial charge in [-0.3, -0.25) is 4.90 Å². The second kappa shape index (κ2) is 7.13. The van der Waals surface area contributed by atoms with E-state index < -0.39 is 0 Å². The van der Waals surface area contributed by atoms with Crippen LogP contribution in [-0.2, 0) is 0 Å². The summed E-state index contributed by atoms with van der Waals surface area (Å²) in [6, 6.07) is 0. The minimum Gasteiger partial charge on any atom is -0.476 e. The van der Waals surface area contributed by atoms with Gasteiger partial charge in [-0.2, -0.15) is 9.97 Å². The van der Waals surface area contributed by atoms with Crippen molar-refractivity contribution in [2.75, 3.05) is 38.6 Å². The number of aromatic nitrogens is 2. The third-order valence-electron chi connectivity index (χ3n) is 3.10. The first-order valence-corrected chi connectivity index (χ1v) is 6.89. The van der Waals surface area contributed by atoms with E-state index in [0.717, 1.165) is 26.1 Å².